The molecule has 1 heterocycles. The van der Waals surface area contributed by atoms with E-state index < -0.39 is 0 Å². The van der Waals surface area contributed by atoms with Crippen molar-refractivity contribution in [3.63, 3.8) is 0 Å². The summed E-state index contributed by atoms with van der Waals surface area (Å²) < 4.78 is 0. The van der Waals surface area contributed by atoms with E-state index in [1.807, 2.05) is 20.8 Å². The Morgan fingerprint density at radius 1 is 1.05 bits per heavy atom. The van der Waals surface area contributed by atoms with Crippen LogP contribution in [-0.2, 0) is 5.41 Å². The van der Waals surface area contributed by atoms with E-state index >= 15 is 0 Å². The molecular weight excluding hydrogens is 232 g/mol. The second-order valence-electron chi connectivity index (χ2n) is 5.67. The van der Waals surface area contributed by atoms with Crippen LogP contribution in [0.25, 0.3) is 6.08 Å². The first-order chi connectivity index (χ1) is 8.86. The van der Waals surface area contributed by atoms with Crippen molar-refractivity contribution in [3.05, 3.63) is 35.0 Å². The Labute approximate surface area is 117 Å². The van der Waals surface area contributed by atoms with Crippen molar-refractivity contribution in [1.82, 2.24) is 5.32 Å². The highest BCUT2D eigenvalue weighted by Crippen LogP contribution is 2.30. The zero-order valence-electron chi connectivity index (χ0n) is 13.3. The summed E-state index contributed by atoms with van der Waals surface area (Å²) in [7, 11) is 0. The van der Waals surface area contributed by atoms with Crippen LogP contribution < -0.4 is 5.32 Å². The highest BCUT2D eigenvalue weighted by Gasteiger charge is 2.15. The first-order valence-electron chi connectivity index (χ1n) is 7.01. The standard InChI is InChI=1S/C15H20N2.C2H6/c1-10-8-12-6-7-13(15(3,4)5)9-14(12)17-11(2)16-10;1-2/h6-9H,1-5H3,(H,16,17);1-2H3. The fourth-order valence-corrected chi connectivity index (χ4v) is 1.99. The fourth-order valence-electron chi connectivity index (χ4n) is 1.99. The smallest absolute Gasteiger partial charge is 0.103 e. The summed E-state index contributed by atoms with van der Waals surface area (Å²) >= 11 is 0. The summed E-state index contributed by atoms with van der Waals surface area (Å²) in [4.78, 5) is 4.62. The van der Waals surface area contributed by atoms with Crippen molar-refractivity contribution in [2.75, 3.05) is 0 Å². The van der Waals surface area contributed by atoms with E-state index in [4.69, 9.17) is 0 Å². The molecule has 0 spiro atoms. The van der Waals surface area contributed by atoms with Gasteiger partial charge in [-0.2, -0.15) is 0 Å². The van der Waals surface area contributed by atoms with Crippen LogP contribution in [0.3, 0.4) is 0 Å². The predicted molar refractivity (Wildman–Crippen MR) is 86.0 cm³/mol. The van der Waals surface area contributed by atoms with Crippen molar-refractivity contribution in [3.8, 4) is 0 Å². The first kappa shape index (κ1) is 15.5. The minimum Gasteiger partial charge on any atom is -0.348 e. The molecule has 2 rings (SSSR count). The topological polar surface area (TPSA) is 24.4 Å². The summed E-state index contributed by atoms with van der Waals surface area (Å²) in [6.07, 6.45) is 2.14. The van der Waals surface area contributed by atoms with Crippen LogP contribution in [-0.4, -0.2) is 5.84 Å². The zero-order chi connectivity index (χ0) is 14.6. The van der Waals surface area contributed by atoms with Gasteiger partial charge < -0.3 is 5.32 Å². The second kappa shape index (κ2) is 6.05. The normalized spacial score (nSPS) is 14.1. The summed E-state index contributed by atoms with van der Waals surface area (Å²) in [5.41, 5.74) is 4.85. The molecule has 1 N–H and O–H groups in total. The summed E-state index contributed by atoms with van der Waals surface area (Å²) in [5, 5.41) is 3.26. The number of hydrogen-bond donors (Lipinski definition) is 1. The van der Waals surface area contributed by atoms with Crippen molar-refractivity contribution in [2.24, 2.45) is 4.99 Å². The van der Waals surface area contributed by atoms with Crippen molar-refractivity contribution >= 4 is 17.6 Å². The minimum atomic E-state index is 0.164. The van der Waals surface area contributed by atoms with E-state index in [0.717, 1.165) is 17.2 Å². The van der Waals surface area contributed by atoms with Crippen LogP contribution in [0.15, 0.2) is 28.9 Å². The summed E-state index contributed by atoms with van der Waals surface area (Å²) in [6.45, 7) is 14.7. The third kappa shape index (κ3) is 3.95. The van der Waals surface area contributed by atoms with Gasteiger partial charge in [-0.05, 0) is 37.0 Å². The molecule has 0 saturated heterocycles. The molecule has 0 aromatic heterocycles. The molecule has 104 valence electrons. The molecular formula is C17H26N2. The Bertz CT molecular complexity index is 502. The predicted octanol–water partition coefficient (Wildman–Crippen LogP) is 5.02. The molecule has 2 nitrogen and oxygen atoms in total. The lowest BCUT2D eigenvalue weighted by molar-refractivity contribution is 0.590. The molecule has 1 aliphatic heterocycles. The lowest BCUT2D eigenvalue weighted by atomic mass is 9.86. The average Bonchev–Trinajstić information content (AvgIpc) is 2.45. The highest BCUT2D eigenvalue weighted by molar-refractivity contribution is 5.88. The van der Waals surface area contributed by atoms with Crippen molar-refractivity contribution in [1.29, 1.82) is 0 Å². The van der Waals surface area contributed by atoms with E-state index in [2.05, 4.69) is 62.3 Å². The number of nitrogens with one attached hydrogen (secondary N) is 1. The van der Waals surface area contributed by atoms with Gasteiger partial charge >= 0.3 is 0 Å². The monoisotopic (exact) mass is 258 g/mol. The van der Waals surface area contributed by atoms with Crippen LogP contribution in [0.2, 0.25) is 0 Å². The molecule has 19 heavy (non-hydrogen) atoms. The number of rotatable bonds is 0. The van der Waals surface area contributed by atoms with Gasteiger partial charge in [-0.1, -0.05) is 46.8 Å². The molecule has 1 aromatic carbocycles. The third-order valence-corrected chi connectivity index (χ3v) is 2.93. The van der Waals surface area contributed by atoms with Gasteiger partial charge in [-0.15, -0.1) is 0 Å². The number of hydrogen-bond acceptors (Lipinski definition) is 2. The van der Waals surface area contributed by atoms with E-state index in [1.165, 1.54) is 11.1 Å². The first-order valence-corrected chi connectivity index (χ1v) is 7.01. The highest BCUT2D eigenvalue weighted by atomic mass is 15.0. The maximum atomic E-state index is 4.62. The average molecular weight is 258 g/mol. The molecule has 0 saturated carbocycles. The molecule has 1 aromatic rings. The Balaban J connectivity index is 0.000000861. The quantitative estimate of drug-likeness (QED) is 0.694. The molecule has 0 unspecified atom stereocenters. The lowest BCUT2D eigenvalue weighted by Crippen LogP contribution is -2.16. The Morgan fingerprint density at radius 2 is 1.68 bits per heavy atom. The largest absolute Gasteiger partial charge is 0.348 e. The zero-order valence-corrected chi connectivity index (χ0v) is 13.3. The van der Waals surface area contributed by atoms with Crippen molar-refractivity contribution in [2.45, 2.75) is 53.9 Å². The number of benzene rings is 1. The van der Waals surface area contributed by atoms with Gasteiger partial charge in [0.1, 0.15) is 5.84 Å². The van der Waals surface area contributed by atoms with Gasteiger partial charge in [0, 0.05) is 11.3 Å². The molecule has 0 aliphatic carbocycles. The van der Waals surface area contributed by atoms with Crippen LogP contribution in [0.4, 0.5) is 5.69 Å². The van der Waals surface area contributed by atoms with Crippen LogP contribution >= 0.6 is 0 Å². The van der Waals surface area contributed by atoms with Gasteiger partial charge in [0.15, 0.2) is 0 Å². The van der Waals surface area contributed by atoms with E-state index in [1.54, 1.807) is 0 Å². The van der Waals surface area contributed by atoms with Crippen molar-refractivity contribution < 1.29 is 0 Å². The minimum absolute atomic E-state index is 0.164. The summed E-state index contributed by atoms with van der Waals surface area (Å²) in [6, 6.07) is 6.54. The molecule has 0 bridgehead atoms. The Hall–Kier alpha value is -1.57. The maximum Gasteiger partial charge on any atom is 0.103 e. The Morgan fingerprint density at radius 3 is 2.26 bits per heavy atom. The van der Waals surface area contributed by atoms with Gasteiger partial charge in [0.2, 0.25) is 0 Å². The van der Waals surface area contributed by atoms with Crippen LogP contribution in [0, 0.1) is 0 Å². The van der Waals surface area contributed by atoms with Gasteiger partial charge in [-0.3, -0.25) is 0 Å². The molecule has 0 amide bonds. The van der Waals surface area contributed by atoms with E-state index in [-0.39, 0.29) is 5.41 Å². The summed E-state index contributed by atoms with van der Waals surface area (Å²) in [5.74, 6) is 0.948. The van der Waals surface area contributed by atoms with Gasteiger partial charge in [0.05, 0.1) is 5.69 Å². The number of allylic oxidation sites excluding steroid dienone is 1. The lowest BCUT2D eigenvalue weighted by Gasteiger charge is -2.19. The number of nitrogens with zero attached hydrogens (tertiary/aromatic N) is 1. The van der Waals surface area contributed by atoms with Gasteiger partial charge in [-0.25, -0.2) is 4.99 Å². The molecule has 1 aliphatic rings. The maximum absolute atomic E-state index is 4.62. The van der Waals surface area contributed by atoms with Crippen LogP contribution in [0.1, 0.15) is 59.6 Å². The SMILES string of the molecule is CC.CC1=Cc2ccc(C(C)(C)C)cc2N=C(C)N1. The molecule has 0 radical (unpaired) electrons. The van der Waals surface area contributed by atoms with E-state index in [0.29, 0.717) is 0 Å². The number of fused-ring (bicyclic) bond motifs is 1. The Kier molecular flexibility index (Phi) is 4.93. The molecule has 0 atom stereocenters. The van der Waals surface area contributed by atoms with Crippen LogP contribution in [0.5, 0.6) is 0 Å². The van der Waals surface area contributed by atoms with Gasteiger partial charge in [0.25, 0.3) is 0 Å². The third-order valence-electron chi connectivity index (χ3n) is 2.93. The molecule has 2 heteroatoms. The second-order valence-corrected chi connectivity index (χ2v) is 5.67. The number of aliphatic imine (C=N–C) groups is 1. The molecule has 0 fully saturated rings. The number of amidine groups is 1. The fraction of sp³-hybridized carbons (Fsp3) is 0.471. The van der Waals surface area contributed by atoms with E-state index in [9.17, 15) is 0 Å².